The van der Waals surface area contributed by atoms with Crippen LogP contribution in [0.4, 0.5) is 13.2 Å². The fourth-order valence-corrected chi connectivity index (χ4v) is 1.65. The number of halogens is 4. The molecule has 0 radical (unpaired) electrons. The zero-order chi connectivity index (χ0) is 10.6. The molecule has 14 heavy (non-hydrogen) atoms. The molecule has 0 bridgehead atoms. The van der Waals surface area contributed by atoms with Gasteiger partial charge in [-0.05, 0) is 40.3 Å². The Morgan fingerprint density at radius 2 is 2.07 bits per heavy atom. The third-order valence-electron chi connectivity index (χ3n) is 1.63. The highest BCUT2D eigenvalue weighted by Gasteiger charge is 2.03. The largest absolute Gasteiger partial charge is 0.307 e. The lowest BCUT2D eigenvalue weighted by Crippen LogP contribution is -2.21. The Kier molecular flexibility index (Phi) is 4.67. The van der Waals surface area contributed by atoms with Crippen molar-refractivity contribution in [3.63, 3.8) is 0 Å². The van der Waals surface area contributed by atoms with Gasteiger partial charge >= 0.3 is 0 Å². The van der Waals surface area contributed by atoms with Gasteiger partial charge in [0.1, 0.15) is 5.82 Å². The van der Waals surface area contributed by atoms with Crippen molar-refractivity contribution in [1.82, 2.24) is 5.32 Å². The minimum atomic E-state index is -2.35. The highest BCUT2D eigenvalue weighted by molar-refractivity contribution is 14.1. The van der Waals surface area contributed by atoms with E-state index in [2.05, 4.69) is 5.32 Å². The molecule has 0 unspecified atom stereocenters. The molecule has 0 amide bonds. The van der Waals surface area contributed by atoms with Gasteiger partial charge in [-0.25, -0.2) is 13.2 Å². The Bertz CT molecular complexity index is 304. The van der Waals surface area contributed by atoms with E-state index in [9.17, 15) is 13.2 Å². The van der Waals surface area contributed by atoms with Gasteiger partial charge in [0.2, 0.25) is 0 Å². The van der Waals surface area contributed by atoms with Crippen LogP contribution < -0.4 is 5.32 Å². The van der Waals surface area contributed by atoms with Crippen LogP contribution in [0.3, 0.4) is 0 Å². The quantitative estimate of drug-likeness (QED) is 0.843. The Balaban J connectivity index is 2.51. The lowest BCUT2D eigenvalue weighted by Gasteiger charge is -2.06. The second-order valence-corrected chi connectivity index (χ2v) is 3.92. The van der Waals surface area contributed by atoms with Crippen LogP contribution in [0.5, 0.6) is 0 Å². The molecule has 0 aliphatic rings. The van der Waals surface area contributed by atoms with Gasteiger partial charge in [0.25, 0.3) is 6.43 Å². The van der Waals surface area contributed by atoms with Gasteiger partial charge in [-0.1, -0.05) is 6.07 Å². The number of rotatable bonds is 4. The van der Waals surface area contributed by atoms with Crippen LogP contribution in [-0.4, -0.2) is 13.0 Å². The van der Waals surface area contributed by atoms with Crippen LogP contribution in [-0.2, 0) is 6.54 Å². The van der Waals surface area contributed by atoms with Crippen LogP contribution in [0.1, 0.15) is 5.56 Å². The first-order valence-corrected chi connectivity index (χ1v) is 5.10. The van der Waals surface area contributed by atoms with Crippen molar-refractivity contribution >= 4 is 22.6 Å². The zero-order valence-corrected chi connectivity index (χ0v) is 9.39. The van der Waals surface area contributed by atoms with E-state index in [1.165, 1.54) is 12.1 Å². The maximum atomic E-state index is 12.7. The molecule has 0 spiro atoms. The molecule has 78 valence electrons. The number of hydrogen-bond donors (Lipinski definition) is 1. The minimum Gasteiger partial charge on any atom is -0.307 e. The maximum absolute atomic E-state index is 12.7. The molecule has 1 nitrogen and oxygen atoms in total. The van der Waals surface area contributed by atoms with E-state index in [1.54, 1.807) is 6.07 Å². The second-order valence-electron chi connectivity index (χ2n) is 2.76. The summed E-state index contributed by atoms with van der Waals surface area (Å²) in [4.78, 5) is 0. The van der Waals surface area contributed by atoms with Gasteiger partial charge in [0, 0.05) is 10.1 Å². The molecule has 0 aliphatic carbocycles. The van der Waals surface area contributed by atoms with Crippen molar-refractivity contribution in [1.29, 1.82) is 0 Å². The average Bonchev–Trinajstić information content (AvgIpc) is 2.08. The number of alkyl halides is 2. The van der Waals surface area contributed by atoms with E-state index < -0.39 is 6.43 Å². The number of hydrogen-bond acceptors (Lipinski definition) is 1. The normalized spacial score (nSPS) is 10.9. The van der Waals surface area contributed by atoms with Crippen molar-refractivity contribution in [2.45, 2.75) is 13.0 Å². The van der Waals surface area contributed by atoms with E-state index in [1.807, 2.05) is 22.6 Å². The molecule has 0 saturated heterocycles. The minimum absolute atomic E-state index is 0.313. The summed E-state index contributed by atoms with van der Waals surface area (Å²) in [5.41, 5.74) is 0.827. The summed E-state index contributed by atoms with van der Waals surface area (Å²) in [5.74, 6) is -0.313. The van der Waals surface area contributed by atoms with E-state index in [4.69, 9.17) is 0 Å². The average molecular weight is 315 g/mol. The molecule has 1 aromatic rings. The molecule has 0 aliphatic heterocycles. The van der Waals surface area contributed by atoms with Crippen LogP contribution in [0.2, 0.25) is 0 Å². The first-order valence-electron chi connectivity index (χ1n) is 4.02. The van der Waals surface area contributed by atoms with Gasteiger partial charge in [-0.15, -0.1) is 0 Å². The summed E-state index contributed by atoms with van der Waals surface area (Å²) < 4.78 is 36.9. The van der Waals surface area contributed by atoms with Gasteiger partial charge < -0.3 is 5.32 Å². The molecule has 0 atom stereocenters. The maximum Gasteiger partial charge on any atom is 0.250 e. The summed E-state index contributed by atoms with van der Waals surface area (Å²) in [5, 5.41) is 2.58. The molecule has 0 saturated carbocycles. The first kappa shape index (κ1) is 11.8. The van der Waals surface area contributed by atoms with Crippen LogP contribution >= 0.6 is 22.6 Å². The standard InChI is InChI=1S/C9H9F3IN/c10-7-2-1-6(8(13)3-7)4-14-5-9(11)12/h1-3,9,14H,4-5H2. The number of benzene rings is 1. The molecule has 5 heteroatoms. The van der Waals surface area contributed by atoms with Crippen LogP contribution in [0.25, 0.3) is 0 Å². The van der Waals surface area contributed by atoms with Gasteiger partial charge in [0.05, 0.1) is 6.54 Å². The van der Waals surface area contributed by atoms with Crippen molar-refractivity contribution in [3.8, 4) is 0 Å². The Hall–Kier alpha value is -0.300. The highest BCUT2D eigenvalue weighted by Crippen LogP contribution is 2.13. The lowest BCUT2D eigenvalue weighted by atomic mass is 10.2. The van der Waals surface area contributed by atoms with Gasteiger partial charge in [-0.3, -0.25) is 0 Å². The van der Waals surface area contributed by atoms with Crippen molar-refractivity contribution in [3.05, 3.63) is 33.1 Å². The molecular formula is C9H9F3IN. The Morgan fingerprint density at radius 3 is 2.64 bits per heavy atom. The van der Waals surface area contributed by atoms with Crippen molar-refractivity contribution in [2.24, 2.45) is 0 Å². The lowest BCUT2D eigenvalue weighted by molar-refractivity contribution is 0.145. The third-order valence-corrected chi connectivity index (χ3v) is 2.63. The Morgan fingerprint density at radius 1 is 1.36 bits per heavy atom. The molecule has 1 rings (SSSR count). The predicted molar refractivity (Wildman–Crippen MR) is 56.8 cm³/mol. The summed E-state index contributed by atoms with van der Waals surface area (Å²) >= 11 is 1.98. The number of nitrogens with one attached hydrogen (secondary N) is 1. The van der Waals surface area contributed by atoms with Crippen LogP contribution in [0.15, 0.2) is 18.2 Å². The van der Waals surface area contributed by atoms with E-state index in [-0.39, 0.29) is 12.4 Å². The van der Waals surface area contributed by atoms with Gasteiger partial charge in [-0.2, -0.15) is 0 Å². The van der Waals surface area contributed by atoms with Crippen molar-refractivity contribution < 1.29 is 13.2 Å². The fraction of sp³-hybridized carbons (Fsp3) is 0.333. The molecular weight excluding hydrogens is 306 g/mol. The SMILES string of the molecule is Fc1ccc(CNCC(F)F)c(I)c1. The molecule has 0 fully saturated rings. The summed E-state index contributed by atoms with van der Waals surface area (Å²) in [6.45, 7) is -0.00362. The third kappa shape index (κ3) is 3.83. The van der Waals surface area contributed by atoms with Crippen molar-refractivity contribution in [2.75, 3.05) is 6.54 Å². The molecule has 1 N–H and O–H groups in total. The fourth-order valence-electron chi connectivity index (χ4n) is 0.981. The van der Waals surface area contributed by atoms with Gasteiger partial charge in [0.15, 0.2) is 0 Å². The highest BCUT2D eigenvalue weighted by atomic mass is 127. The smallest absolute Gasteiger partial charge is 0.250 e. The summed E-state index contributed by atoms with van der Waals surface area (Å²) in [6, 6.07) is 4.29. The predicted octanol–water partition coefficient (Wildman–Crippen LogP) is 2.79. The van der Waals surface area contributed by atoms with Crippen LogP contribution in [0, 0.1) is 9.39 Å². The van der Waals surface area contributed by atoms with E-state index in [0.717, 1.165) is 9.13 Å². The zero-order valence-electron chi connectivity index (χ0n) is 7.24. The Labute approximate surface area is 93.8 Å². The molecule has 0 aromatic heterocycles. The van der Waals surface area contributed by atoms with E-state index in [0.29, 0.717) is 6.54 Å². The first-order chi connectivity index (χ1) is 6.59. The second kappa shape index (κ2) is 5.55. The molecule has 0 heterocycles. The monoisotopic (exact) mass is 315 g/mol. The summed E-state index contributed by atoms with van der Waals surface area (Å²) in [6.07, 6.45) is -2.35. The molecule has 1 aromatic carbocycles. The van der Waals surface area contributed by atoms with E-state index >= 15 is 0 Å². The topological polar surface area (TPSA) is 12.0 Å². The summed E-state index contributed by atoms with van der Waals surface area (Å²) in [7, 11) is 0.